The van der Waals surface area contributed by atoms with Gasteiger partial charge in [-0.2, -0.15) is 0 Å². The summed E-state index contributed by atoms with van der Waals surface area (Å²) in [6.45, 7) is 1.51. The fraction of sp³-hybridized carbons (Fsp3) is 0.300. The lowest BCUT2D eigenvalue weighted by Gasteiger charge is -2.03. The van der Waals surface area contributed by atoms with Gasteiger partial charge in [-0.1, -0.05) is 28.1 Å². The molecule has 0 heterocycles. The van der Waals surface area contributed by atoms with Gasteiger partial charge in [0.1, 0.15) is 11.5 Å². The second kappa shape index (κ2) is 4.42. The van der Waals surface area contributed by atoms with Gasteiger partial charge in [-0.3, -0.25) is 4.79 Å². The number of ketones is 1. The van der Waals surface area contributed by atoms with E-state index in [-0.39, 0.29) is 11.5 Å². The van der Waals surface area contributed by atoms with E-state index in [0.717, 1.165) is 5.56 Å². The minimum absolute atomic E-state index is 0.0573. The third kappa shape index (κ3) is 2.84. The third-order valence-electron chi connectivity index (χ3n) is 1.74. The van der Waals surface area contributed by atoms with Crippen LogP contribution in [0.2, 0.25) is 0 Å². The number of rotatable bonds is 3. The second-order valence-corrected chi connectivity index (χ2v) is 3.54. The van der Waals surface area contributed by atoms with Gasteiger partial charge in [-0.05, 0) is 18.6 Å². The molecule has 0 aliphatic rings. The Balaban J connectivity index is 2.91. The van der Waals surface area contributed by atoms with Crippen LogP contribution in [0.1, 0.15) is 18.1 Å². The van der Waals surface area contributed by atoms with Crippen molar-refractivity contribution in [3.63, 3.8) is 0 Å². The van der Waals surface area contributed by atoms with Crippen LogP contribution in [0.25, 0.3) is 0 Å². The normalized spacial score (nSPS) is 10.0. The Bertz CT molecular complexity index is 321. The fourth-order valence-corrected chi connectivity index (χ4v) is 1.46. The topological polar surface area (TPSA) is 37.3 Å². The van der Waals surface area contributed by atoms with Crippen LogP contribution in [-0.4, -0.2) is 10.9 Å². The number of aromatic hydroxyl groups is 1. The summed E-state index contributed by atoms with van der Waals surface area (Å²) in [5, 5.41) is 10.2. The van der Waals surface area contributed by atoms with Crippen LogP contribution in [0.3, 0.4) is 0 Å². The lowest BCUT2D eigenvalue weighted by Crippen LogP contribution is -1.96. The van der Waals surface area contributed by atoms with Gasteiger partial charge in [0.2, 0.25) is 0 Å². The number of alkyl halides is 1. The molecule has 0 aromatic heterocycles. The first-order valence-electron chi connectivity index (χ1n) is 3.99. The minimum Gasteiger partial charge on any atom is -0.508 e. The molecule has 0 aliphatic carbocycles. The molecule has 1 aromatic carbocycles. The number of Topliss-reactive ketones (excluding diaryl/α,β-unsaturated/α-hetero) is 1. The first-order valence-corrected chi connectivity index (χ1v) is 5.12. The molecule has 0 spiro atoms. The average Bonchev–Trinajstić information content (AvgIpc) is 2.08. The van der Waals surface area contributed by atoms with Crippen LogP contribution in [0.4, 0.5) is 0 Å². The molecule has 0 saturated carbocycles. The second-order valence-electron chi connectivity index (χ2n) is 2.98. The molecular formula is C10H11BrO2. The largest absolute Gasteiger partial charge is 0.508 e. The zero-order chi connectivity index (χ0) is 9.84. The summed E-state index contributed by atoms with van der Waals surface area (Å²) in [5.41, 5.74) is 1.70. The van der Waals surface area contributed by atoms with Crippen LogP contribution in [0.15, 0.2) is 18.2 Å². The lowest BCUT2D eigenvalue weighted by atomic mass is 10.1. The molecule has 0 atom stereocenters. The molecule has 2 nitrogen and oxygen atoms in total. The molecule has 0 aliphatic heterocycles. The molecule has 0 saturated heterocycles. The first-order chi connectivity index (χ1) is 6.13. The van der Waals surface area contributed by atoms with E-state index in [2.05, 4.69) is 15.9 Å². The summed E-state index contributed by atoms with van der Waals surface area (Å²) in [4.78, 5) is 10.8. The van der Waals surface area contributed by atoms with E-state index < -0.39 is 0 Å². The van der Waals surface area contributed by atoms with E-state index in [1.807, 2.05) is 6.07 Å². The molecule has 1 N–H and O–H groups in total. The first kappa shape index (κ1) is 10.3. The van der Waals surface area contributed by atoms with Gasteiger partial charge in [0.05, 0.1) is 0 Å². The third-order valence-corrected chi connectivity index (χ3v) is 2.39. The molecule has 13 heavy (non-hydrogen) atoms. The van der Waals surface area contributed by atoms with Gasteiger partial charge in [0.25, 0.3) is 0 Å². The minimum atomic E-state index is 0.0573. The number of carbonyl (C=O) groups is 1. The predicted octanol–water partition coefficient (Wildman–Crippen LogP) is 2.42. The van der Waals surface area contributed by atoms with Gasteiger partial charge in [-0.15, -0.1) is 0 Å². The van der Waals surface area contributed by atoms with Crippen molar-refractivity contribution in [1.82, 2.24) is 0 Å². The Labute approximate surface area is 85.7 Å². The molecule has 70 valence electrons. The zero-order valence-electron chi connectivity index (χ0n) is 7.38. The maximum absolute atomic E-state index is 10.8. The van der Waals surface area contributed by atoms with E-state index in [1.165, 1.54) is 6.92 Å². The van der Waals surface area contributed by atoms with Gasteiger partial charge in [0, 0.05) is 17.3 Å². The highest BCUT2D eigenvalue weighted by molar-refractivity contribution is 9.08. The summed E-state index contributed by atoms with van der Waals surface area (Å²) >= 11 is 3.29. The summed E-state index contributed by atoms with van der Waals surface area (Å²) in [6, 6.07) is 5.35. The smallest absolute Gasteiger partial charge is 0.134 e. The molecular weight excluding hydrogens is 232 g/mol. The van der Waals surface area contributed by atoms with Crippen LogP contribution in [0, 0.1) is 0 Å². The van der Waals surface area contributed by atoms with Gasteiger partial charge in [0.15, 0.2) is 0 Å². The Morgan fingerprint density at radius 2 is 2.23 bits per heavy atom. The fourth-order valence-electron chi connectivity index (χ4n) is 1.11. The van der Waals surface area contributed by atoms with E-state index in [9.17, 15) is 9.90 Å². The van der Waals surface area contributed by atoms with Crippen molar-refractivity contribution in [2.24, 2.45) is 0 Å². The maximum Gasteiger partial charge on any atom is 0.134 e. The van der Waals surface area contributed by atoms with Gasteiger partial charge < -0.3 is 5.11 Å². The van der Waals surface area contributed by atoms with Crippen LogP contribution < -0.4 is 0 Å². The van der Waals surface area contributed by atoms with Crippen molar-refractivity contribution in [2.75, 3.05) is 0 Å². The Morgan fingerprint density at radius 3 is 2.69 bits per heavy atom. The number of benzene rings is 1. The Morgan fingerprint density at radius 1 is 1.54 bits per heavy atom. The van der Waals surface area contributed by atoms with Crippen molar-refractivity contribution in [2.45, 2.75) is 18.7 Å². The number of carbonyl (C=O) groups excluding carboxylic acids is 1. The van der Waals surface area contributed by atoms with Crippen LogP contribution >= 0.6 is 15.9 Å². The van der Waals surface area contributed by atoms with Gasteiger partial charge >= 0.3 is 0 Å². The van der Waals surface area contributed by atoms with Crippen molar-refractivity contribution in [1.29, 1.82) is 0 Å². The highest BCUT2D eigenvalue weighted by Gasteiger charge is 2.04. The summed E-state index contributed by atoms with van der Waals surface area (Å²) in [5.74, 6) is 0.258. The predicted molar refractivity (Wildman–Crippen MR) is 55.1 cm³/mol. The van der Waals surface area contributed by atoms with Crippen molar-refractivity contribution >= 4 is 21.7 Å². The van der Waals surface area contributed by atoms with E-state index >= 15 is 0 Å². The van der Waals surface area contributed by atoms with Crippen LogP contribution in [-0.2, 0) is 16.5 Å². The van der Waals surface area contributed by atoms with Gasteiger partial charge in [-0.25, -0.2) is 0 Å². The van der Waals surface area contributed by atoms with Crippen molar-refractivity contribution in [3.8, 4) is 5.75 Å². The highest BCUT2D eigenvalue weighted by atomic mass is 79.9. The molecule has 1 rings (SSSR count). The monoisotopic (exact) mass is 242 g/mol. The summed E-state index contributed by atoms with van der Waals surface area (Å²) in [7, 11) is 0. The van der Waals surface area contributed by atoms with E-state index in [4.69, 9.17) is 0 Å². The standard InChI is InChI=1S/C10H11BrO2/c1-7(12)4-9-3-2-8(6-11)5-10(9)13/h2-3,5,13H,4,6H2,1H3. The lowest BCUT2D eigenvalue weighted by molar-refractivity contribution is -0.116. The summed E-state index contributed by atoms with van der Waals surface area (Å²) in [6.07, 6.45) is 0.300. The SMILES string of the molecule is CC(=O)Cc1ccc(CBr)cc1O. The van der Waals surface area contributed by atoms with Crippen LogP contribution in [0.5, 0.6) is 5.75 Å². The number of halogens is 1. The Kier molecular flexibility index (Phi) is 3.48. The van der Waals surface area contributed by atoms with E-state index in [1.54, 1.807) is 12.1 Å². The van der Waals surface area contributed by atoms with E-state index in [0.29, 0.717) is 17.3 Å². The number of hydrogen-bond acceptors (Lipinski definition) is 2. The average molecular weight is 243 g/mol. The molecule has 0 radical (unpaired) electrons. The number of phenolic OH excluding ortho intramolecular Hbond substituents is 1. The molecule has 0 unspecified atom stereocenters. The van der Waals surface area contributed by atoms with Crippen molar-refractivity contribution < 1.29 is 9.90 Å². The molecule has 0 bridgehead atoms. The number of phenols is 1. The maximum atomic E-state index is 10.8. The van der Waals surface area contributed by atoms with Crippen molar-refractivity contribution in [3.05, 3.63) is 29.3 Å². The number of hydrogen-bond donors (Lipinski definition) is 1. The highest BCUT2D eigenvalue weighted by Crippen LogP contribution is 2.20. The molecule has 0 amide bonds. The Hall–Kier alpha value is -0.830. The quantitative estimate of drug-likeness (QED) is 0.827. The molecule has 0 fully saturated rings. The molecule has 1 aromatic rings. The zero-order valence-corrected chi connectivity index (χ0v) is 8.97. The summed E-state index contributed by atoms with van der Waals surface area (Å²) < 4.78 is 0. The molecule has 3 heteroatoms.